The van der Waals surface area contributed by atoms with Gasteiger partial charge in [0.05, 0.1) is 0 Å². The van der Waals surface area contributed by atoms with Crippen LogP contribution in [0.2, 0.25) is 0 Å². The summed E-state index contributed by atoms with van der Waals surface area (Å²) in [7, 11) is 0. The molecule has 1 aromatic heterocycles. The van der Waals surface area contributed by atoms with Crippen LogP contribution in [0.3, 0.4) is 0 Å². The van der Waals surface area contributed by atoms with Gasteiger partial charge in [0.15, 0.2) is 0 Å². The minimum atomic E-state index is 0.289. The predicted molar refractivity (Wildman–Crippen MR) is 88.2 cm³/mol. The fourth-order valence-corrected chi connectivity index (χ4v) is 5.74. The lowest BCUT2D eigenvalue weighted by atomic mass is 9.73. The van der Waals surface area contributed by atoms with Crippen LogP contribution in [-0.2, 0) is 12.8 Å². The molecule has 1 heterocycles. The van der Waals surface area contributed by atoms with Gasteiger partial charge in [-0.3, -0.25) is 0 Å². The van der Waals surface area contributed by atoms with Crippen LogP contribution in [-0.4, -0.2) is 0 Å². The van der Waals surface area contributed by atoms with Crippen molar-refractivity contribution < 1.29 is 0 Å². The van der Waals surface area contributed by atoms with E-state index in [1.54, 1.807) is 10.4 Å². The van der Waals surface area contributed by atoms with Crippen molar-refractivity contribution in [1.82, 2.24) is 0 Å². The Hall–Kier alpha value is -0.340. The van der Waals surface area contributed by atoms with Gasteiger partial charge in [0, 0.05) is 15.8 Å². The molecule has 0 aromatic carbocycles. The van der Waals surface area contributed by atoms with Crippen LogP contribution in [0.1, 0.15) is 73.7 Å². The van der Waals surface area contributed by atoms with Crippen molar-refractivity contribution in [2.45, 2.75) is 71.3 Å². The summed E-state index contributed by atoms with van der Waals surface area (Å²) in [5, 5.41) is 0. The fraction of sp³-hybridized carbons (Fsp3) is 0.778. The first-order valence-corrected chi connectivity index (χ1v) is 9.32. The van der Waals surface area contributed by atoms with Gasteiger partial charge in [0.1, 0.15) is 0 Å². The highest BCUT2D eigenvalue weighted by molar-refractivity contribution is 7.12. The summed E-state index contributed by atoms with van der Waals surface area (Å²) in [6.07, 6.45) is 10.8. The SMILES string of the molecule is CC1CC(C)CC(C(N)c2cc3c(s2)CCCCC3)C1. The van der Waals surface area contributed by atoms with Crippen molar-refractivity contribution in [2.24, 2.45) is 23.5 Å². The van der Waals surface area contributed by atoms with Crippen molar-refractivity contribution in [3.63, 3.8) is 0 Å². The highest BCUT2D eigenvalue weighted by Gasteiger charge is 2.30. The van der Waals surface area contributed by atoms with Crippen molar-refractivity contribution in [1.29, 1.82) is 0 Å². The van der Waals surface area contributed by atoms with E-state index in [4.69, 9.17) is 5.73 Å². The lowest BCUT2D eigenvalue weighted by molar-refractivity contribution is 0.194. The Labute approximate surface area is 128 Å². The molecule has 112 valence electrons. The molecule has 2 N–H and O–H groups in total. The van der Waals surface area contributed by atoms with E-state index in [9.17, 15) is 0 Å². The number of hydrogen-bond acceptors (Lipinski definition) is 2. The monoisotopic (exact) mass is 291 g/mol. The molecule has 0 spiro atoms. The molecule has 3 unspecified atom stereocenters. The highest BCUT2D eigenvalue weighted by atomic mass is 32.1. The summed E-state index contributed by atoms with van der Waals surface area (Å²) >= 11 is 2.03. The largest absolute Gasteiger partial charge is 0.323 e. The Balaban J connectivity index is 1.75. The van der Waals surface area contributed by atoms with Crippen LogP contribution in [0.15, 0.2) is 6.07 Å². The summed E-state index contributed by atoms with van der Waals surface area (Å²) < 4.78 is 0. The third-order valence-corrected chi connectivity index (χ3v) is 6.66. The molecule has 0 saturated heterocycles. The quantitative estimate of drug-likeness (QED) is 0.755. The Kier molecular flexibility index (Phi) is 4.52. The maximum Gasteiger partial charge on any atom is 0.0418 e. The van der Waals surface area contributed by atoms with Crippen molar-refractivity contribution in [3.8, 4) is 0 Å². The Morgan fingerprint density at radius 3 is 2.50 bits per heavy atom. The minimum Gasteiger partial charge on any atom is -0.323 e. The topological polar surface area (TPSA) is 26.0 Å². The lowest BCUT2D eigenvalue weighted by Gasteiger charge is -2.34. The lowest BCUT2D eigenvalue weighted by Crippen LogP contribution is -2.28. The third-order valence-electron chi connectivity index (χ3n) is 5.32. The van der Waals surface area contributed by atoms with E-state index in [-0.39, 0.29) is 6.04 Å². The molecule has 0 amide bonds. The van der Waals surface area contributed by atoms with Gasteiger partial charge < -0.3 is 5.73 Å². The molecule has 1 saturated carbocycles. The maximum absolute atomic E-state index is 6.66. The molecule has 1 aromatic rings. The molecular weight excluding hydrogens is 262 g/mol. The van der Waals surface area contributed by atoms with Gasteiger partial charge in [-0.15, -0.1) is 11.3 Å². The Morgan fingerprint density at radius 2 is 1.75 bits per heavy atom. The van der Waals surface area contributed by atoms with E-state index >= 15 is 0 Å². The van der Waals surface area contributed by atoms with Gasteiger partial charge in [-0.05, 0) is 74.3 Å². The van der Waals surface area contributed by atoms with E-state index in [1.807, 2.05) is 11.3 Å². The van der Waals surface area contributed by atoms with Gasteiger partial charge in [0.25, 0.3) is 0 Å². The normalized spacial score (nSPS) is 32.5. The number of thiophene rings is 1. The zero-order chi connectivity index (χ0) is 14.1. The second-order valence-corrected chi connectivity index (χ2v) is 8.53. The molecule has 0 bridgehead atoms. The fourth-order valence-electron chi connectivity index (χ4n) is 4.39. The summed E-state index contributed by atoms with van der Waals surface area (Å²) in [5.74, 6) is 2.41. The number of nitrogens with two attached hydrogens (primary N) is 1. The molecule has 2 aliphatic carbocycles. The zero-order valence-corrected chi connectivity index (χ0v) is 13.8. The van der Waals surface area contributed by atoms with Crippen LogP contribution < -0.4 is 5.73 Å². The van der Waals surface area contributed by atoms with E-state index in [0.29, 0.717) is 5.92 Å². The van der Waals surface area contributed by atoms with Crippen LogP contribution >= 0.6 is 11.3 Å². The number of rotatable bonds is 2. The van der Waals surface area contributed by atoms with Gasteiger partial charge in [-0.25, -0.2) is 0 Å². The maximum atomic E-state index is 6.66. The Morgan fingerprint density at radius 1 is 1.05 bits per heavy atom. The average Bonchev–Trinajstić information content (AvgIpc) is 2.68. The zero-order valence-electron chi connectivity index (χ0n) is 13.0. The molecule has 2 heteroatoms. The number of hydrogen-bond donors (Lipinski definition) is 1. The summed E-state index contributed by atoms with van der Waals surface area (Å²) in [4.78, 5) is 3.12. The molecule has 0 radical (unpaired) electrons. The van der Waals surface area contributed by atoms with E-state index in [2.05, 4.69) is 19.9 Å². The molecule has 2 aliphatic rings. The van der Waals surface area contributed by atoms with Gasteiger partial charge in [-0.1, -0.05) is 20.3 Å². The number of fused-ring (bicyclic) bond motifs is 1. The highest BCUT2D eigenvalue weighted by Crippen LogP contribution is 2.41. The van der Waals surface area contributed by atoms with Crippen LogP contribution in [0.5, 0.6) is 0 Å². The second-order valence-electron chi connectivity index (χ2n) is 7.36. The Bertz CT molecular complexity index is 417. The van der Waals surface area contributed by atoms with Crippen LogP contribution in [0.4, 0.5) is 0 Å². The van der Waals surface area contributed by atoms with Crippen LogP contribution in [0.25, 0.3) is 0 Å². The molecule has 1 nitrogen and oxygen atoms in total. The third kappa shape index (κ3) is 3.12. The van der Waals surface area contributed by atoms with Crippen molar-refractivity contribution in [2.75, 3.05) is 0 Å². The first-order chi connectivity index (χ1) is 9.63. The molecule has 3 rings (SSSR count). The molecule has 1 fully saturated rings. The summed E-state index contributed by atoms with van der Waals surface area (Å²) in [6, 6.07) is 2.75. The van der Waals surface area contributed by atoms with E-state index in [1.165, 1.54) is 56.2 Å². The van der Waals surface area contributed by atoms with Gasteiger partial charge >= 0.3 is 0 Å². The van der Waals surface area contributed by atoms with Gasteiger partial charge in [0.2, 0.25) is 0 Å². The van der Waals surface area contributed by atoms with Gasteiger partial charge in [-0.2, -0.15) is 0 Å². The minimum absolute atomic E-state index is 0.289. The first-order valence-electron chi connectivity index (χ1n) is 8.50. The van der Waals surface area contributed by atoms with Crippen molar-refractivity contribution in [3.05, 3.63) is 21.4 Å². The molecule has 20 heavy (non-hydrogen) atoms. The number of aryl methyl sites for hydroxylation is 2. The average molecular weight is 292 g/mol. The van der Waals surface area contributed by atoms with E-state index < -0.39 is 0 Å². The second kappa shape index (κ2) is 6.19. The standard InChI is InChI=1S/C18H29NS/c1-12-8-13(2)10-15(9-12)18(19)17-11-14-6-4-3-5-7-16(14)20-17/h11-13,15,18H,3-10,19H2,1-2H3. The molecular formula is C18H29NS. The smallest absolute Gasteiger partial charge is 0.0418 e. The van der Waals surface area contributed by atoms with Crippen LogP contribution in [0, 0.1) is 17.8 Å². The first kappa shape index (κ1) is 14.6. The van der Waals surface area contributed by atoms with E-state index in [0.717, 1.165) is 11.8 Å². The van der Waals surface area contributed by atoms with Crippen molar-refractivity contribution >= 4 is 11.3 Å². The molecule has 0 aliphatic heterocycles. The summed E-state index contributed by atoms with van der Waals surface area (Å²) in [6.45, 7) is 4.80. The summed E-state index contributed by atoms with van der Waals surface area (Å²) in [5.41, 5.74) is 8.28. The predicted octanol–water partition coefficient (Wildman–Crippen LogP) is 5.09. The molecule has 3 atom stereocenters.